The summed E-state index contributed by atoms with van der Waals surface area (Å²) in [4.78, 5) is 13.6. The van der Waals surface area contributed by atoms with Gasteiger partial charge in [0.25, 0.3) is 0 Å². The SMILES string of the molecule is Clc1ccc(CSc2nc(Nc3ccccc3)nc(Nc3ccccc3)n2)cc1. The van der Waals surface area contributed by atoms with Gasteiger partial charge in [0.2, 0.25) is 11.9 Å². The van der Waals surface area contributed by atoms with E-state index in [-0.39, 0.29) is 0 Å². The van der Waals surface area contributed by atoms with Crippen LogP contribution in [0.25, 0.3) is 0 Å². The molecule has 29 heavy (non-hydrogen) atoms. The second-order valence-electron chi connectivity index (χ2n) is 6.16. The molecule has 4 aromatic rings. The first-order chi connectivity index (χ1) is 14.2. The van der Waals surface area contributed by atoms with Crippen molar-refractivity contribution in [2.45, 2.75) is 10.9 Å². The minimum atomic E-state index is 0.489. The van der Waals surface area contributed by atoms with Crippen LogP contribution in [0, 0.1) is 0 Å². The lowest BCUT2D eigenvalue weighted by atomic mass is 10.2. The van der Waals surface area contributed by atoms with Crippen molar-refractivity contribution in [3.63, 3.8) is 0 Å². The zero-order chi connectivity index (χ0) is 19.9. The molecule has 5 nitrogen and oxygen atoms in total. The van der Waals surface area contributed by atoms with Gasteiger partial charge in [0, 0.05) is 22.2 Å². The van der Waals surface area contributed by atoms with Crippen molar-refractivity contribution in [2.75, 3.05) is 10.6 Å². The highest BCUT2D eigenvalue weighted by atomic mass is 35.5. The summed E-state index contributed by atoms with van der Waals surface area (Å²) in [7, 11) is 0. The summed E-state index contributed by atoms with van der Waals surface area (Å²) in [5.41, 5.74) is 2.98. The number of hydrogen-bond donors (Lipinski definition) is 2. The summed E-state index contributed by atoms with van der Waals surface area (Å²) in [6, 6.07) is 27.4. The highest BCUT2D eigenvalue weighted by Gasteiger charge is 2.09. The van der Waals surface area contributed by atoms with E-state index in [0.717, 1.165) is 27.7 Å². The van der Waals surface area contributed by atoms with Crippen molar-refractivity contribution in [1.29, 1.82) is 0 Å². The number of nitrogens with one attached hydrogen (secondary N) is 2. The summed E-state index contributed by atoms with van der Waals surface area (Å²) >= 11 is 7.51. The molecule has 0 saturated heterocycles. The van der Waals surface area contributed by atoms with Crippen molar-refractivity contribution in [3.05, 3.63) is 95.5 Å². The molecule has 3 aromatic carbocycles. The van der Waals surface area contributed by atoms with Gasteiger partial charge in [-0.1, -0.05) is 71.9 Å². The average molecular weight is 420 g/mol. The van der Waals surface area contributed by atoms with E-state index >= 15 is 0 Å². The Morgan fingerprint density at radius 3 is 1.69 bits per heavy atom. The first-order valence-electron chi connectivity index (χ1n) is 9.02. The molecule has 1 heterocycles. The molecule has 0 unspecified atom stereocenters. The van der Waals surface area contributed by atoms with Crippen LogP contribution in [-0.2, 0) is 5.75 Å². The third kappa shape index (κ3) is 5.70. The molecule has 2 N–H and O–H groups in total. The molecule has 4 rings (SSSR count). The molecule has 0 saturated carbocycles. The Kier molecular flexibility index (Phi) is 6.24. The molecular formula is C22H18ClN5S. The lowest BCUT2D eigenvalue weighted by Gasteiger charge is -2.10. The van der Waals surface area contributed by atoms with E-state index in [1.54, 1.807) is 11.8 Å². The summed E-state index contributed by atoms with van der Waals surface area (Å²) < 4.78 is 0. The van der Waals surface area contributed by atoms with Gasteiger partial charge in [0.1, 0.15) is 0 Å². The first-order valence-corrected chi connectivity index (χ1v) is 10.4. The van der Waals surface area contributed by atoms with Crippen LogP contribution in [0.2, 0.25) is 5.02 Å². The number of nitrogens with zero attached hydrogens (tertiary/aromatic N) is 3. The minimum Gasteiger partial charge on any atom is -0.324 e. The van der Waals surface area contributed by atoms with E-state index in [4.69, 9.17) is 11.6 Å². The van der Waals surface area contributed by atoms with E-state index in [1.807, 2.05) is 84.9 Å². The van der Waals surface area contributed by atoms with Crippen LogP contribution in [0.5, 0.6) is 0 Å². The number of hydrogen-bond acceptors (Lipinski definition) is 6. The van der Waals surface area contributed by atoms with Crippen LogP contribution in [-0.4, -0.2) is 15.0 Å². The molecule has 0 radical (unpaired) electrons. The first kappa shape index (κ1) is 19.2. The Balaban J connectivity index is 1.57. The molecule has 144 valence electrons. The number of rotatable bonds is 7. The maximum atomic E-state index is 5.97. The second-order valence-corrected chi connectivity index (χ2v) is 7.54. The quantitative estimate of drug-likeness (QED) is 0.342. The van der Waals surface area contributed by atoms with Crippen LogP contribution >= 0.6 is 23.4 Å². The van der Waals surface area contributed by atoms with Gasteiger partial charge in [-0.05, 0) is 42.0 Å². The topological polar surface area (TPSA) is 62.7 Å². The third-order valence-electron chi connectivity index (χ3n) is 3.96. The van der Waals surface area contributed by atoms with E-state index < -0.39 is 0 Å². The Bertz CT molecular complexity index is 1000. The van der Waals surface area contributed by atoms with Gasteiger partial charge in [-0.3, -0.25) is 0 Å². The third-order valence-corrected chi connectivity index (χ3v) is 5.13. The number of halogens is 1. The molecule has 7 heteroatoms. The van der Waals surface area contributed by atoms with Gasteiger partial charge >= 0.3 is 0 Å². The Morgan fingerprint density at radius 1 is 0.655 bits per heavy atom. The second kappa shape index (κ2) is 9.41. The predicted octanol–water partition coefficient (Wildman–Crippen LogP) is 6.30. The maximum Gasteiger partial charge on any atom is 0.233 e. The molecule has 0 spiro atoms. The zero-order valence-electron chi connectivity index (χ0n) is 15.4. The lowest BCUT2D eigenvalue weighted by molar-refractivity contribution is 0.920. The van der Waals surface area contributed by atoms with Gasteiger partial charge in [-0.15, -0.1) is 0 Å². The molecule has 0 bridgehead atoms. The Hall–Kier alpha value is -3.09. The largest absolute Gasteiger partial charge is 0.324 e. The molecule has 0 aliphatic rings. The molecule has 0 fully saturated rings. The van der Waals surface area contributed by atoms with Gasteiger partial charge in [-0.2, -0.15) is 15.0 Å². The van der Waals surface area contributed by atoms with Crippen LogP contribution < -0.4 is 10.6 Å². The van der Waals surface area contributed by atoms with Crippen molar-refractivity contribution >= 4 is 46.6 Å². The van der Waals surface area contributed by atoms with Crippen LogP contribution in [0.15, 0.2) is 90.1 Å². The zero-order valence-corrected chi connectivity index (χ0v) is 17.0. The molecule has 0 amide bonds. The van der Waals surface area contributed by atoms with Gasteiger partial charge in [-0.25, -0.2) is 0 Å². The Labute approximate surface area is 178 Å². The summed E-state index contributed by atoms with van der Waals surface area (Å²) in [5.74, 6) is 1.71. The molecule has 0 aliphatic carbocycles. The van der Waals surface area contributed by atoms with E-state index in [1.165, 1.54) is 0 Å². The normalized spacial score (nSPS) is 10.5. The fourth-order valence-corrected chi connectivity index (χ4v) is 3.48. The molecular weight excluding hydrogens is 402 g/mol. The smallest absolute Gasteiger partial charge is 0.233 e. The standard InChI is InChI=1S/C22H18ClN5S/c23-17-13-11-16(12-14-17)15-29-22-27-20(24-18-7-3-1-4-8-18)26-21(28-22)25-19-9-5-2-6-10-19/h1-14H,15H2,(H2,24,25,26,27,28). The van der Waals surface area contributed by atoms with Crippen molar-refractivity contribution in [3.8, 4) is 0 Å². The highest BCUT2D eigenvalue weighted by molar-refractivity contribution is 7.98. The van der Waals surface area contributed by atoms with E-state index in [0.29, 0.717) is 17.1 Å². The monoisotopic (exact) mass is 419 g/mol. The molecule has 0 atom stereocenters. The van der Waals surface area contributed by atoms with Crippen LogP contribution in [0.3, 0.4) is 0 Å². The maximum absolute atomic E-state index is 5.97. The number of thioether (sulfide) groups is 1. The highest BCUT2D eigenvalue weighted by Crippen LogP contribution is 2.24. The average Bonchev–Trinajstić information content (AvgIpc) is 2.75. The fraction of sp³-hybridized carbons (Fsp3) is 0.0455. The van der Waals surface area contributed by atoms with Crippen molar-refractivity contribution in [2.24, 2.45) is 0 Å². The van der Waals surface area contributed by atoms with Gasteiger partial charge in [0.15, 0.2) is 5.16 Å². The van der Waals surface area contributed by atoms with Crippen LogP contribution in [0.1, 0.15) is 5.56 Å². The number of benzene rings is 3. The summed E-state index contributed by atoms with van der Waals surface area (Å²) in [5, 5.41) is 7.84. The van der Waals surface area contributed by atoms with Crippen LogP contribution in [0.4, 0.5) is 23.3 Å². The number of para-hydroxylation sites is 2. The number of aromatic nitrogens is 3. The van der Waals surface area contributed by atoms with E-state index in [9.17, 15) is 0 Å². The van der Waals surface area contributed by atoms with Gasteiger partial charge < -0.3 is 10.6 Å². The Morgan fingerprint density at radius 2 is 1.17 bits per heavy atom. The lowest BCUT2D eigenvalue weighted by Crippen LogP contribution is -2.05. The van der Waals surface area contributed by atoms with E-state index in [2.05, 4.69) is 25.6 Å². The fourth-order valence-electron chi connectivity index (χ4n) is 2.56. The summed E-state index contributed by atoms with van der Waals surface area (Å²) in [6.45, 7) is 0. The number of anilines is 4. The molecule has 0 aliphatic heterocycles. The molecule has 1 aromatic heterocycles. The van der Waals surface area contributed by atoms with Crippen molar-refractivity contribution < 1.29 is 0 Å². The minimum absolute atomic E-state index is 0.489. The van der Waals surface area contributed by atoms with Gasteiger partial charge in [0.05, 0.1) is 0 Å². The summed E-state index contributed by atoms with van der Waals surface area (Å²) in [6.07, 6.45) is 0. The predicted molar refractivity (Wildman–Crippen MR) is 120 cm³/mol. The van der Waals surface area contributed by atoms with Crippen molar-refractivity contribution in [1.82, 2.24) is 15.0 Å².